The van der Waals surface area contributed by atoms with Gasteiger partial charge in [-0.05, 0) is 54.4 Å². The van der Waals surface area contributed by atoms with Crippen LogP contribution in [-0.4, -0.2) is 39.3 Å². The van der Waals surface area contributed by atoms with E-state index < -0.39 is 46.3 Å². The SMILES string of the molecule is COCCn1c(Cc2cc(F)c(-c3nc(OCc4ccc(C)cc4F)ccc3F)cc2F)nc2c(F)cc(C(=O)O)cc21. The van der Waals surface area contributed by atoms with Gasteiger partial charge in [-0.25, -0.2) is 36.7 Å². The molecule has 0 aliphatic carbocycles. The number of rotatable bonds is 10. The number of aromatic nitrogens is 3. The van der Waals surface area contributed by atoms with Gasteiger partial charge in [-0.2, -0.15) is 0 Å². The lowest BCUT2D eigenvalue weighted by Gasteiger charge is -2.12. The van der Waals surface area contributed by atoms with Gasteiger partial charge < -0.3 is 19.1 Å². The molecule has 0 radical (unpaired) electrons. The van der Waals surface area contributed by atoms with E-state index in [-0.39, 0.29) is 65.6 Å². The maximum absolute atomic E-state index is 15.4. The molecule has 0 atom stereocenters. The molecule has 7 nitrogen and oxygen atoms in total. The second kappa shape index (κ2) is 12.2. The first-order valence-corrected chi connectivity index (χ1v) is 13.0. The second-order valence-electron chi connectivity index (χ2n) is 9.77. The number of carboxylic acid groups (broad SMARTS) is 1. The van der Waals surface area contributed by atoms with Gasteiger partial charge in [-0.1, -0.05) is 12.1 Å². The lowest BCUT2D eigenvalue weighted by molar-refractivity contribution is 0.0696. The summed E-state index contributed by atoms with van der Waals surface area (Å²) in [6.45, 7) is 1.78. The fourth-order valence-electron chi connectivity index (χ4n) is 4.61. The summed E-state index contributed by atoms with van der Waals surface area (Å²) >= 11 is 0. The molecule has 43 heavy (non-hydrogen) atoms. The minimum atomic E-state index is -1.34. The number of aryl methyl sites for hydroxylation is 1. The Bertz CT molecular complexity index is 1860. The highest BCUT2D eigenvalue weighted by molar-refractivity contribution is 5.92. The Morgan fingerprint density at radius 3 is 2.35 bits per heavy atom. The quantitative estimate of drug-likeness (QED) is 0.182. The molecule has 0 saturated heterocycles. The van der Waals surface area contributed by atoms with Crippen molar-refractivity contribution in [3.05, 3.63) is 112 Å². The first-order chi connectivity index (χ1) is 20.5. The zero-order valence-corrected chi connectivity index (χ0v) is 22.9. The molecule has 0 aliphatic heterocycles. The first kappa shape index (κ1) is 29.6. The Morgan fingerprint density at radius 2 is 1.63 bits per heavy atom. The van der Waals surface area contributed by atoms with Crippen LogP contribution in [-0.2, 0) is 24.3 Å². The van der Waals surface area contributed by atoms with Crippen LogP contribution in [0.3, 0.4) is 0 Å². The van der Waals surface area contributed by atoms with Gasteiger partial charge in [0.2, 0.25) is 5.88 Å². The molecule has 0 aliphatic rings. The number of fused-ring (bicyclic) bond motifs is 1. The molecule has 0 unspecified atom stereocenters. The van der Waals surface area contributed by atoms with Crippen LogP contribution in [0, 0.1) is 36.0 Å². The molecule has 0 saturated carbocycles. The van der Waals surface area contributed by atoms with Crippen LogP contribution in [0.5, 0.6) is 5.88 Å². The molecule has 0 bridgehead atoms. The van der Waals surface area contributed by atoms with Crippen molar-refractivity contribution in [2.45, 2.75) is 26.5 Å². The number of carboxylic acids is 1. The number of hydrogen-bond acceptors (Lipinski definition) is 5. The highest BCUT2D eigenvalue weighted by Crippen LogP contribution is 2.30. The van der Waals surface area contributed by atoms with Crippen molar-refractivity contribution < 1.29 is 41.3 Å². The van der Waals surface area contributed by atoms with Crippen molar-refractivity contribution in [2.24, 2.45) is 0 Å². The van der Waals surface area contributed by atoms with E-state index in [0.29, 0.717) is 0 Å². The lowest BCUT2D eigenvalue weighted by Crippen LogP contribution is -2.10. The number of benzene rings is 3. The summed E-state index contributed by atoms with van der Waals surface area (Å²) in [5, 5.41) is 9.34. The molecular formula is C31H24F5N3O4. The van der Waals surface area contributed by atoms with E-state index in [1.54, 1.807) is 13.0 Å². The number of methoxy groups -OCH3 is 1. The van der Waals surface area contributed by atoms with Gasteiger partial charge in [-0.3, -0.25) is 0 Å². The number of imidazole rings is 1. The van der Waals surface area contributed by atoms with Gasteiger partial charge in [-0.15, -0.1) is 0 Å². The van der Waals surface area contributed by atoms with Crippen LogP contribution < -0.4 is 4.74 Å². The zero-order chi connectivity index (χ0) is 30.8. The Balaban J connectivity index is 1.46. The van der Waals surface area contributed by atoms with Crippen LogP contribution >= 0.6 is 0 Å². The van der Waals surface area contributed by atoms with Crippen LogP contribution in [0.2, 0.25) is 0 Å². The van der Waals surface area contributed by atoms with Crippen molar-refractivity contribution in [1.82, 2.24) is 14.5 Å². The summed E-state index contributed by atoms with van der Waals surface area (Å²) in [5.41, 5.74) is -0.501. The summed E-state index contributed by atoms with van der Waals surface area (Å²) in [6.07, 6.45) is -0.301. The Morgan fingerprint density at radius 1 is 0.860 bits per heavy atom. The average Bonchev–Trinajstić information content (AvgIpc) is 3.31. The predicted molar refractivity (Wildman–Crippen MR) is 146 cm³/mol. The van der Waals surface area contributed by atoms with Crippen molar-refractivity contribution in [3.8, 4) is 17.1 Å². The van der Waals surface area contributed by atoms with Crippen LogP contribution in [0.25, 0.3) is 22.3 Å². The molecular weight excluding hydrogens is 573 g/mol. The largest absolute Gasteiger partial charge is 0.478 e. The average molecular weight is 598 g/mol. The predicted octanol–water partition coefficient (Wildman–Crippen LogP) is 6.62. The number of pyridine rings is 1. The number of ether oxygens (including phenoxy) is 2. The number of aromatic carboxylic acids is 1. The minimum absolute atomic E-state index is 0.126. The molecule has 222 valence electrons. The molecule has 1 N–H and O–H groups in total. The molecule has 0 spiro atoms. The van der Waals surface area contributed by atoms with Crippen molar-refractivity contribution in [2.75, 3.05) is 13.7 Å². The van der Waals surface area contributed by atoms with E-state index in [2.05, 4.69) is 9.97 Å². The number of carbonyl (C=O) groups is 1. The molecule has 3 aromatic carbocycles. The summed E-state index contributed by atoms with van der Waals surface area (Å²) in [7, 11) is 1.43. The zero-order valence-electron chi connectivity index (χ0n) is 22.9. The maximum Gasteiger partial charge on any atom is 0.335 e. The van der Waals surface area contributed by atoms with E-state index in [1.165, 1.54) is 35.9 Å². The van der Waals surface area contributed by atoms with E-state index in [1.807, 2.05) is 0 Å². The smallest absolute Gasteiger partial charge is 0.335 e. The standard InChI is InChI=1S/C31H24F5N3O4/c1-16-3-4-17(22(33)9-16)15-43-28-6-5-21(32)29(38-28)20-14-23(34)18(10-24(20)35)13-27-37-30-25(36)11-19(31(40)41)12-26(30)39(27)7-8-42-2/h3-6,9-12,14H,7-8,13,15H2,1-2H3,(H,40,41). The summed E-state index contributed by atoms with van der Waals surface area (Å²) < 4.78 is 86.4. The Kier molecular flexibility index (Phi) is 8.40. The third-order valence-electron chi connectivity index (χ3n) is 6.80. The lowest BCUT2D eigenvalue weighted by atomic mass is 10.0. The molecule has 5 aromatic rings. The summed E-state index contributed by atoms with van der Waals surface area (Å²) in [5.74, 6) is -5.58. The van der Waals surface area contributed by atoms with Gasteiger partial charge in [0.1, 0.15) is 46.9 Å². The summed E-state index contributed by atoms with van der Waals surface area (Å²) in [6, 6.07) is 10.4. The van der Waals surface area contributed by atoms with E-state index >= 15 is 8.78 Å². The Hall–Kier alpha value is -4.84. The van der Waals surface area contributed by atoms with Gasteiger partial charge in [0.25, 0.3) is 0 Å². The number of nitrogens with zero attached hydrogens (tertiary/aromatic N) is 3. The van der Waals surface area contributed by atoms with Gasteiger partial charge in [0, 0.05) is 37.3 Å². The minimum Gasteiger partial charge on any atom is -0.478 e. The number of hydrogen-bond donors (Lipinski definition) is 1. The van der Waals surface area contributed by atoms with E-state index in [4.69, 9.17) is 9.47 Å². The van der Waals surface area contributed by atoms with Crippen molar-refractivity contribution >= 4 is 17.0 Å². The summed E-state index contributed by atoms with van der Waals surface area (Å²) in [4.78, 5) is 19.7. The fraction of sp³-hybridized carbons (Fsp3) is 0.194. The van der Waals surface area contributed by atoms with Crippen molar-refractivity contribution in [1.29, 1.82) is 0 Å². The second-order valence-corrected chi connectivity index (χ2v) is 9.77. The molecule has 0 fully saturated rings. The van der Waals surface area contributed by atoms with E-state index in [0.717, 1.165) is 29.8 Å². The number of halogens is 5. The maximum atomic E-state index is 15.4. The van der Waals surface area contributed by atoms with Gasteiger partial charge >= 0.3 is 5.97 Å². The van der Waals surface area contributed by atoms with Gasteiger partial charge in [0.15, 0.2) is 5.82 Å². The van der Waals surface area contributed by atoms with E-state index in [9.17, 15) is 23.1 Å². The highest BCUT2D eigenvalue weighted by atomic mass is 19.1. The first-order valence-electron chi connectivity index (χ1n) is 13.0. The third kappa shape index (κ3) is 6.19. The molecule has 2 heterocycles. The third-order valence-corrected chi connectivity index (χ3v) is 6.80. The van der Waals surface area contributed by atoms with Gasteiger partial charge in [0.05, 0.1) is 17.7 Å². The van der Waals surface area contributed by atoms with Crippen LogP contribution in [0.1, 0.15) is 32.9 Å². The topological polar surface area (TPSA) is 86.5 Å². The molecule has 5 rings (SSSR count). The van der Waals surface area contributed by atoms with Crippen molar-refractivity contribution in [3.63, 3.8) is 0 Å². The fourth-order valence-corrected chi connectivity index (χ4v) is 4.61. The Labute approximate surface area is 242 Å². The highest BCUT2D eigenvalue weighted by Gasteiger charge is 2.22. The molecule has 0 amide bonds. The van der Waals surface area contributed by atoms with Crippen LogP contribution in [0.4, 0.5) is 22.0 Å². The monoisotopic (exact) mass is 597 g/mol. The normalized spacial score (nSPS) is 11.3. The van der Waals surface area contributed by atoms with Crippen LogP contribution in [0.15, 0.2) is 54.6 Å². The molecule has 12 heteroatoms. The molecule has 2 aromatic heterocycles.